The van der Waals surface area contributed by atoms with E-state index in [1.54, 1.807) is 0 Å². The van der Waals surface area contributed by atoms with Crippen LogP contribution < -0.4 is 0 Å². The zero-order valence-electron chi connectivity index (χ0n) is 38.3. The number of ether oxygens (including phenoxy) is 3. The van der Waals surface area contributed by atoms with Crippen molar-refractivity contribution in [1.82, 2.24) is 0 Å². The lowest BCUT2D eigenvalue weighted by Crippen LogP contribution is -2.30. The predicted octanol–water partition coefficient (Wildman–Crippen LogP) is 15.8. The van der Waals surface area contributed by atoms with E-state index in [1.165, 1.54) is 161 Å². The van der Waals surface area contributed by atoms with Crippen LogP contribution in [0.4, 0.5) is 0 Å². The first-order valence-corrected chi connectivity index (χ1v) is 24.7. The molecular weight excluding hydrogens is 697 g/mol. The van der Waals surface area contributed by atoms with Gasteiger partial charge in [0, 0.05) is 19.3 Å². The molecule has 56 heavy (non-hydrogen) atoms. The van der Waals surface area contributed by atoms with Crippen molar-refractivity contribution in [3.8, 4) is 0 Å². The van der Waals surface area contributed by atoms with E-state index in [1.807, 2.05) is 0 Å². The van der Waals surface area contributed by atoms with Crippen molar-refractivity contribution in [2.45, 2.75) is 278 Å². The number of carbonyl (C=O) groups is 3. The molecule has 0 aromatic carbocycles. The second kappa shape index (κ2) is 43.0. The minimum atomic E-state index is -0.761. The number of unbranched alkanes of at least 4 members (excludes halogenated alkanes) is 29. The summed E-state index contributed by atoms with van der Waals surface area (Å²) in [6.07, 6.45) is 42.4. The Morgan fingerprint density at radius 3 is 0.875 bits per heavy atom. The zero-order chi connectivity index (χ0) is 41.2. The Hall–Kier alpha value is -1.59. The summed E-state index contributed by atoms with van der Waals surface area (Å²) < 4.78 is 16.7. The van der Waals surface area contributed by atoms with Gasteiger partial charge >= 0.3 is 17.9 Å². The third kappa shape index (κ3) is 43.5. The van der Waals surface area contributed by atoms with Gasteiger partial charge in [-0.1, -0.05) is 234 Å². The highest BCUT2D eigenvalue weighted by atomic mass is 16.6. The molecule has 0 aliphatic rings. The first-order valence-electron chi connectivity index (χ1n) is 24.7. The van der Waals surface area contributed by atoms with Crippen LogP contribution in [0.5, 0.6) is 0 Å². The molecular formula is C50H96O6. The SMILES string of the molecule is CCCCCCCCCCCCCCC(=O)OC[C@H](COC(=O)CCCCCCCCCCCCCCCCC(C)C)OC(=O)CCCCCCCCC(C)C. The first kappa shape index (κ1) is 54.4. The van der Waals surface area contributed by atoms with Crippen LogP contribution in [0.3, 0.4) is 0 Å². The van der Waals surface area contributed by atoms with Gasteiger partial charge in [0.15, 0.2) is 6.10 Å². The maximum Gasteiger partial charge on any atom is 0.306 e. The molecule has 332 valence electrons. The first-order chi connectivity index (χ1) is 27.2. The Morgan fingerprint density at radius 2 is 0.589 bits per heavy atom. The Morgan fingerprint density at radius 1 is 0.339 bits per heavy atom. The van der Waals surface area contributed by atoms with Gasteiger partial charge in [0.2, 0.25) is 0 Å². The molecule has 0 saturated carbocycles. The molecule has 0 N–H and O–H groups in total. The summed E-state index contributed by atoms with van der Waals surface area (Å²) in [7, 11) is 0. The summed E-state index contributed by atoms with van der Waals surface area (Å²) in [4.78, 5) is 37.8. The molecule has 0 heterocycles. The molecule has 0 unspecified atom stereocenters. The highest BCUT2D eigenvalue weighted by molar-refractivity contribution is 5.71. The topological polar surface area (TPSA) is 78.9 Å². The number of rotatable bonds is 44. The fraction of sp³-hybridized carbons (Fsp3) is 0.940. The van der Waals surface area contributed by atoms with Gasteiger partial charge in [-0.15, -0.1) is 0 Å². The van der Waals surface area contributed by atoms with Crippen LogP contribution in [0.2, 0.25) is 0 Å². The van der Waals surface area contributed by atoms with Crippen molar-refractivity contribution in [2.75, 3.05) is 13.2 Å². The Labute approximate surface area is 348 Å². The van der Waals surface area contributed by atoms with E-state index in [9.17, 15) is 14.4 Å². The van der Waals surface area contributed by atoms with Crippen molar-refractivity contribution >= 4 is 17.9 Å². The Balaban J connectivity index is 4.24. The standard InChI is InChI=1S/C50H96O6/c1-6-7-8-9-10-11-12-18-21-24-30-35-40-48(51)54-43-47(56-50(53)42-37-32-27-26-29-34-39-46(4)5)44-55-49(52)41-36-31-25-22-19-16-14-13-15-17-20-23-28-33-38-45(2)3/h45-47H,6-44H2,1-5H3/t47-/m1/s1. The third-order valence-electron chi connectivity index (χ3n) is 11.2. The van der Waals surface area contributed by atoms with Crippen molar-refractivity contribution < 1.29 is 28.6 Å². The number of hydrogen-bond acceptors (Lipinski definition) is 6. The quantitative estimate of drug-likeness (QED) is 0.0347. The number of carbonyl (C=O) groups excluding carboxylic acids is 3. The van der Waals surface area contributed by atoms with E-state index < -0.39 is 6.10 Å². The molecule has 0 bridgehead atoms. The van der Waals surface area contributed by atoms with Crippen molar-refractivity contribution in [3.63, 3.8) is 0 Å². The predicted molar refractivity (Wildman–Crippen MR) is 238 cm³/mol. The summed E-state index contributed by atoms with van der Waals surface area (Å²) in [6.45, 7) is 11.3. The van der Waals surface area contributed by atoms with Gasteiger partial charge in [0.25, 0.3) is 0 Å². The molecule has 0 radical (unpaired) electrons. The molecule has 0 spiro atoms. The van der Waals surface area contributed by atoms with Crippen LogP contribution >= 0.6 is 0 Å². The molecule has 0 aromatic rings. The smallest absolute Gasteiger partial charge is 0.306 e. The van der Waals surface area contributed by atoms with Gasteiger partial charge in [-0.05, 0) is 31.1 Å². The fourth-order valence-corrected chi connectivity index (χ4v) is 7.46. The van der Waals surface area contributed by atoms with E-state index in [-0.39, 0.29) is 31.1 Å². The van der Waals surface area contributed by atoms with Gasteiger partial charge < -0.3 is 14.2 Å². The van der Waals surface area contributed by atoms with Crippen LogP contribution in [0.15, 0.2) is 0 Å². The molecule has 0 rings (SSSR count). The van der Waals surface area contributed by atoms with Crippen LogP contribution in [-0.4, -0.2) is 37.2 Å². The molecule has 0 aromatic heterocycles. The highest BCUT2D eigenvalue weighted by Crippen LogP contribution is 2.17. The minimum absolute atomic E-state index is 0.0650. The molecule has 0 aliphatic heterocycles. The second-order valence-corrected chi connectivity index (χ2v) is 18.1. The van der Waals surface area contributed by atoms with Gasteiger partial charge in [-0.25, -0.2) is 0 Å². The van der Waals surface area contributed by atoms with Crippen LogP contribution in [0.1, 0.15) is 272 Å². The summed E-state index contributed by atoms with van der Waals surface area (Å²) in [5.41, 5.74) is 0. The fourth-order valence-electron chi connectivity index (χ4n) is 7.46. The van der Waals surface area contributed by atoms with Gasteiger partial charge in [-0.3, -0.25) is 14.4 Å². The monoisotopic (exact) mass is 793 g/mol. The summed E-state index contributed by atoms with van der Waals surface area (Å²) in [5, 5.41) is 0. The van der Waals surface area contributed by atoms with Crippen molar-refractivity contribution in [3.05, 3.63) is 0 Å². The van der Waals surface area contributed by atoms with E-state index in [2.05, 4.69) is 34.6 Å². The van der Waals surface area contributed by atoms with Crippen LogP contribution in [0, 0.1) is 11.8 Å². The Bertz CT molecular complexity index is 854. The molecule has 0 saturated heterocycles. The molecule has 6 nitrogen and oxygen atoms in total. The van der Waals surface area contributed by atoms with Gasteiger partial charge in [-0.2, -0.15) is 0 Å². The van der Waals surface area contributed by atoms with E-state index in [0.29, 0.717) is 19.3 Å². The largest absolute Gasteiger partial charge is 0.462 e. The second-order valence-electron chi connectivity index (χ2n) is 18.1. The molecule has 6 heteroatoms. The van der Waals surface area contributed by atoms with E-state index in [4.69, 9.17) is 14.2 Å². The summed E-state index contributed by atoms with van der Waals surface area (Å²) in [5.74, 6) is 0.747. The van der Waals surface area contributed by atoms with Gasteiger partial charge in [0.05, 0.1) is 0 Å². The molecule has 0 aliphatic carbocycles. The molecule has 0 amide bonds. The minimum Gasteiger partial charge on any atom is -0.462 e. The number of hydrogen-bond donors (Lipinski definition) is 0. The van der Waals surface area contributed by atoms with Crippen LogP contribution in [0.25, 0.3) is 0 Å². The van der Waals surface area contributed by atoms with Crippen molar-refractivity contribution in [1.29, 1.82) is 0 Å². The van der Waals surface area contributed by atoms with Gasteiger partial charge in [0.1, 0.15) is 13.2 Å². The molecule has 0 fully saturated rings. The normalized spacial score (nSPS) is 12.1. The lowest BCUT2D eigenvalue weighted by Gasteiger charge is -2.18. The average Bonchev–Trinajstić information content (AvgIpc) is 3.16. The maximum atomic E-state index is 12.7. The summed E-state index contributed by atoms with van der Waals surface area (Å²) >= 11 is 0. The zero-order valence-corrected chi connectivity index (χ0v) is 38.3. The lowest BCUT2D eigenvalue weighted by atomic mass is 10.0. The molecule has 1 atom stereocenters. The summed E-state index contributed by atoms with van der Waals surface area (Å²) in [6, 6.07) is 0. The highest BCUT2D eigenvalue weighted by Gasteiger charge is 2.19. The maximum absolute atomic E-state index is 12.7. The van der Waals surface area contributed by atoms with E-state index in [0.717, 1.165) is 69.6 Å². The van der Waals surface area contributed by atoms with Crippen LogP contribution in [-0.2, 0) is 28.6 Å². The van der Waals surface area contributed by atoms with Crippen molar-refractivity contribution in [2.24, 2.45) is 11.8 Å². The van der Waals surface area contributed by atoms with E-state index >= 15 is 0 Å². The number of esters is 3. The Kier molecular flexibility index (Phi) is 41.8. The third-order valence-corrected chi connectivity index (χ3v) is 11.2. The lowest BCUT2D eigenvalue weighted by molar-refractivity contribution is -0.167. The average molecular weight is 793 g/mol.